The number of nitrogens with one attached hydrogen (secondary N) is 2. The summed E-state index contributed by atoms with van der Waals surface area (Å²) in [6.07, 6.45) is 1.76. The van der Waals surface area contributed by atoms with Gasteiger partial charge in [0.2, 0.25) is 11.8 Å². The van der Waals surface area contributed by atoms with Crippen molar-refractivity contribution < 1.29 is 24.0 Å². The van der Waals surface area contributed by atoms with Crippen LogP contribution in [-0.4, -0.2) is 87.2 Å². The highest BCUT2D eigenvalue weighted by Gasteiger charge is 2.34. The number of nitro groups is 1. The second-order valence-corrected chi connectivity index (χ2v) is 10.9. The minimum Gasteiger partial charge on any atom is -0.387 e. The second kappa shape index (κ2) is 11.3. The molecule has 12 nitrogen and oxygen atoms in total. The van der Waals surface area contributed by atoms with Crippen LogP contribution in [0.3, 0.4) is 0 Å². The summed E-state index contributed by atoms with van der Waals surface area (Å²) in [5, 5.41) is 27.5. The van der Waals surface area contributed by atoms with Crippen molar-refractivity contribution in [3.8, 4) is 0 Å². The Balaban J connectivity index is 1.32. The van der Waals surface area contributed by atoms with Crippen molar-refractivity contribution in [2.45, 2.75) is 44.4 Å². The number of piperazine rings is 1. The Morgan fingerprint density at radius 2 is 2.05 bits per heavy atom. The Labute approximate surface area is 227 Å². The molecule has 1 aromatic carbocycles. The van der Waals surface area contributed by atoms with Gasteiger partial charge in [0.15, 0.2) is 0 Å². The van der Waals surface area contributed by atoms with Gasteiger partial charge in [-0.3, -0.25) is 19.1 Å². The van der Waals surface area contributed by atoms with Crippen LogP contribution in [0.15, 0.2) is 29.1 Å². The molecule has 0 saturated carbocycles. The lowest BCUT2D eigenvalue weighted by atomic mass is 9.95. The van der Waals surface area contributed by atoms with Gasteiger partial charge in [-0.25, -0.2) is 4.39 Å². The van der Waals surface area contributed by atoms with Crippen molar-refractivity contribution in [1.82, 2.24) is 25.1 Å². The number of nitrogens with zero attached hydrogens (tertiary/aromatic N) is 5. The number of hydrogen-bond acceptors (Lipinski definition) is 8. The van der Waals surface area contributed by atoms with Crippen LogP contribution >= 0.6 is 15.9 Å². The molecule has 1 aromatic heterocycles. The molecule has 38 heavy (non-hydrogen) atoms. The summed E-state index contributed by atoms with van der Waals surface area (Å²) in [6, 6.07) is 4.71. The summed E-state index contributed by atoms with van der Waals surface area (Å²) in [7, 11) is 0. The Bertz CT molecular complexity index is 1210. The van der Waals surface area contributed by atoms with Crippen LogP contribution < -0.4 is 15.5 Å². The normalized spacial score (nSPS) is 21.7. The van der Waals surface area contributed by atoms with Crippen molar-refractivity contribution in [3.05, 3.63) is 50.6 Å². The fourth-order valence-corrected chi connectivity index (χ4v) is 5.47. The lowest BCUT2D eigenvalue weighted by Crippen LogP contribution is -2.52. The number of benzene rings is 1. The van der Waals surface area contributed by atoms with E-state index in [1.54, 1.807) is 19.1 Å². The molecule has 2 aliphatic heterocycles. The minimum atomic E-state index is -1.17. The van der Waals surface area contributed by atoms with Crippen LogP contribution in [-0.2, 0) is 16.1 Å². The van der Waals surface area contributed by atoms with Gasteiger partial charge < -0.3 is 30.8 Å². The van der Waals surface area contributed by atoms with E-state index in [0.717, 1.165) is 0 Å². The van der Waals surface area contributed by atoms with Gasteiger partial charge in [-0.1, -0.05) is 6.07 Å². The van der Waals surface area contributed by atoms with Crippen LogP contribution in [0.2, 0.25) is 0 Å². The maximum Gasteiger partial charge on any atom is 0.382 e. The molecule has 14 heteroatoms. The number of imidazole rings is 1. The van der Waals surface area contributed by atoms with Gasteiger partial charge in [0.05, 0.1) is 23.8 Å². The van der Waals surface area contributed by atoms with Crippen LogP contribution in [0.4, 0.5) is 15.9 Å². The molecular weight excluding hydrogens is 565 g/mol. The maximum absolute atomic E-state index is 15.1. The van der Waals surface area contributed by atoms with E-state index >= 15 is 4.39 Å². The molecule has 0 aliphatic carbocycles. The van der Waals surface area contributed by atoms with E-state index in [1.165, 1.54) is 23.8 Å². The standard InChI is InChI=1S/C24H31BrFN7O5/c1-15(34)27-11-17-10-18(22(35)28-17)16-3-4-20(19(26)9-16)31-7-5-30(6-8-31)13-24(2,36)14-32-12-21(33(37)38)29-23(32)25/h3-4,9,12,17-18,36H,5-8,10-11,13-14H2,1-2H3,(H,27,34)(H,28,35). The Kier molecular flexibility index (Phi) is 8.33. The van der Waals surface area contributed by atoms with Gasteiger partial charge >= 0.3 is 5.82 Å². The Morgan fingerprint density at radius 1 is 1.34 bits per heavy atom. The summed E-state index contributed by atoms with van der Waals surface area (Å²) in [5.41, 5.74) is -0.108. The molecule has 3 unspecified atom stereocenters. The second-order valence-electron chi connectivity index (χ2n) is 10.2. The molecule has 3 N–H and O–H groups in total. The van der Waals surface area contributed by atoms with Crippen molar-refractivity contribution in [2.24, 2.45) is 0 Å². The first-order valence-corrected chi connectivity index (χ1v) is 13.1. The summed E-state index contributed by atoms with van der Waals surface area (Å²) >= 11 is 3.19. The molecule has 2 aromatic rings. The molecule has 2 saturated heterocycles. The number of anilines is 1. The zero-order valence-corrected chi connectivity index (χ0v) is 22.8. The lowest BCUT2D eigenvalue weighted by molar-refractivity contribution is -0.389. The topological polar surface area (TPSA) is 146 Å². The number of β-amino-alcohol motifs (C(OH)–C–C–N with tert-alkyl or cyclic N) is 1. The molecule has 4 rings (SSSR count). The number of carbonyl (C=O) groups is 2. The molecule has 2 amide bonds. The highest BCUT2D eigenvalue weighted by atomic mass is 79.9. The highest BCUT2D eigenvalue weighted by Crippen LogP contribution is 2.31. The van der Waals surface area contributed by atoms with Crippen molar-refractivity contribution in [3.63, 3.8) is 0 Å². The summed E-state index contributed by atoms with van der Waals surface area (Å²) in [4.78, 5) is 41.8. The average Bonchev–Trinajstić information content (AvgIpc) is 3.40. The van der Waals surface area contributed by atoms with Crippen molar-refractivity contribution in [1.29, 1.82) is 0 Å². The lowest BCUT2D eigenvalue weighted by Gasteiger charge is -2.39. The van der Waals surface area contributed by atoms with E-state index in [9.17, 15) is 24.8 Å². The molecule has 3 atom stereocenters. The quantitative estimate of drug-likeness (QED) is 0.291. The van der Waals surface area contributed by atoms with E-state index in [1.807, 2.05) is 4.90 Å². The van der Waals surface area contributed by atoms with Crippen molar-refractivity contribution >= 4 is 39.2 Å². The summed E-state index contributed by atoms with van der Waals surface area (Å²) in [6.45, 7) is 6.16. The highest BCUT2D eigenvalue weighted by molar-refractivity contribution is 9.10. The number of rotatable bonds is 9. The molecular formula is C24H31BrFN7O5. The SMILES string of the molecule is CC(=O)NCC1CC(c2ccc(N3CCN(CC(C)(O)Cn4cc([N+](=O)[O-])nc4Br)CC3)c(F)c2)C(=O)N1. The van der Waals surface area contributed by atoms with Crippen LogP contribution in [0.5, 0.6) is 0 Å². The van der Waals surface area contributed by atoms with E-state index < -0.39 is 22.3 Å². The predicted molar refractivity (Wildman–Crippen MR) is 140 cm³/mol. The fraction of sp³-hybridized carbons (Fsp3) is 0.542. The van der Waals surface area contributed by atoms with Crippen molar-refractivity contribution in [2.75, 3.05) is 44.2 Å². The summed E-state index contributed by atoms with van der Waals surface area (Å²) < 4.78 is 16.9. The van der Waals surface area contributed by atoms with Gasteiger partial charge in [0.25, 0.3) is 4.73 Å². The van der Waals surface area contributed by atoms with E-state index in [2.05, 4.69) is 36.4 Å². The average molecular weight is 596 g/mol. The zero-order valence-electron chi connectivity index (χ0n) is 21.2. The number of hydrogen-bond donors (Lipinski definition) is 3. The molecule has 0 radical (unpaired) electrons. The zero-order chi connectivity index (χ0) is 27.6. The fourth-order valence-electron chi connectivity index (χ4n) is 5.06. The van der Waals surface area contributed by atoms with Gasteiger partial charge in [0.1, 0.15) is 12.0 Å². The van der Waals surface area contributed by atoms with Crippen LogP contribution in [0.1, 0.15) is 31.7 Å². The molecule has 0 bridgehead atoms. The molecule has 2 aliphatic rings. The Morgan fingerprint density at radius 3 is 2.66 bits per heavy atom. The number of aliphatic hydroxyl groups is 1. The van der Waals surface area contributed by atoms with Gasteiger partial charge in [-0.05, 0) is 40.9 Å². The minimum absolute atomic E-state index is 0.116. The maximum atomic E-state index is 15.1. The monoisotopic (exact) mass is 595 g/mol. The van der Waals surface area contributed by atoms with E-state index in [0.29, 0.717) is 56.9 Å². The third kappa shape index (κ3) is 6.66. The first-order valence-electron chi connectivity index (χ1n) is 12.3. The van der Waals surface area contributed by atoms with E-state index in [4.69, 9.17) is 0 Å². The third-order valence-electron chi connectivity index (χ3n) is 6.84. The third-order valence-corrected chi connectivity index (χ3v) is 7.48. The first-order chi connectivity index (χ1) is 17.9. The van der Waals surface area contributed by atoms with Gasteiger partial charge in [-0.2, -0.15) is 0 Å². The van der Waals surface area contributed by atoms with E-state index in [-0.39, 0.29) is 35.0 Å². The number of carbonyl (C=O) groups excluding carboxylic acids is 2. The molecule has 2 fully saturated rings. The first kappa shape index (κ1) is 27.9. The Hall–Kier alpha value is -3.10. The van der Waals surface area contributed by atoms with Crippen LogP contribution in [0.25, 0.3) is 0 Å². The summed E-state index contributed by atoms with van der Waals surface area (Å²) in [5.74, 6) is -1.50. The van der Waals surface area contributed by atoms with Crippen LogP contribution in [0, 0.1) is 15.9 Å². The smallest absolute Gasteiger partial charge is 0.382 e. The number of aromatic nitrogens is 2. The molecule has 206 valence electrons. The molecule has 0 spiro atoms. The number of halogens is 2. The van der Waals surface area contributed by atoms with Gasteiger partial charge in [0, 0.05) is 68.2 Å². The number of amides is 2. The van der Waals surface area contributed by atoms with Gasteiger partial charge in [-0.15, -0.1) is 0 Å². The predicted octanol–water partition coefficient (Wildman–Crippen LogP) is 1.37. The largest absolute Gasteiger partial charge is 0.387 e. The molecule has 3 heterocycles.